The highest BCUT2D eigenvalue weighted by molar-refractivity contribution is 7.92. The van der Waals surface area contributed by atoms with E-state index in [1.807, 2.05) is 19.1 Å². The zero-order chi connectivity index (χ0) is 23.1. The van der Waals surface area contributed by atoms with Crippen molar-refractivity contribution in [3.05, 3.63) is 82.9 Å². The van der Waals surface area contributed by atoms with Gasteiger partial charge in [0.05, 0.1) is 18.3 Å². The lowest BCUT2D eigenvalue weighted by Gasteiger charge is -2.16. The van der Waals surface area contributed by atoms with Crippen molar-refractivity contribution in [2.24, 2.45) is 0 Å². The monoisotopic (exact) mass is 473 g/mol. The number of nitrogens with one attached hydrogen (secondary N) is 2. The largest absolute Gasteiger partial charge is 0.545 e. The molecule has 0 fully saturated rings. The number of aromatic carboxylic acids is 1. The third-order valence-electron chi connectivity index (χ3n) is 4.57. The molecular weight excluding hydrogens is 452 g/mol. The molecule has 0 radical (unpaired) electrons. The number of ether oxygens (including phenoxy) is 1. The number of anilines is 2. The quantitative estimate of drug-likeness (QED) is 0.466. The average molecular weight is 474 g/mol. The number of rotatable bonds is 10. The van der Waals surface area contributed by atoms with Crippen molar-refractivity contribution in [3.63, 3.8) is 0 Å². The first-order valence-corrected chi connectivity index (χ1v) is 11.7. The summed E-state index contributed by atoms with van der Waals surface area (Å²) < 4.78 is 34.0. The number of hydrogen-bond acceptors (Lipinski definition) is 6. The van der Waals surface area contributed by atoms with Gasteiger partial charge in [0.1, 0.15) is 10.6 Å². The van der Waals surface area contributed by atoms with Crippen molar-refractivity contribution in [1.82, 2.24) is 0 Å². The van der Waals surface area contributed by atoms with Crippen molar-refractivity contribution in [1.29, 1.82) is 0 Å². The minimum atomic E-state index is -4.09. The predicted octanol–water partition coefficient (Wildman–Crippen LogP) is 3.56. The van der Waals surface area contributed by atoms with E-state index in [-0.39, 0.29) is 16.1 Å². The van der Waals surface area contributed by atoms with E-state index in [1.54, 1.807) is 36.4 Å². The number of benzene rings is 3. The summed E-state index contributed by atoms with van der Waals surface area (Å²) in [7, 11) is -4.09. The molecule has 2 N–H and O–H groups in total. The maximum atomic E-state index is 13.1. The number of halogens is 1. The summed E-state index contributed by atoms with van der Waals surface area (Å²) >= 11 is 5.89. The Morgan fingerprint density at radius 2 is 1.72 bits per heavy atom. The number of carboxylic acid groups (broad SMARTS) is 1. The normalized spacial score (nSPS) is 11.1. The van der Waals surface area contributed by atoms with Gasteiger partial charge in [0.25, 0.3) is 10.0 Å². The van der Waals surface area contributed by atoms with Crippen LogP contribution in [0.1, 0.15) is 22.8 Å². The fourth-order valence-corrected chi connectivity index (χ4v) is 4.40. The summed E-state index contributed by atoms with van der Waals surface area (Å²) in [6, 6.07) is 17.5. The zero-order valence-electron chi connectivity index (χ0n) is 17.3. The highest BCUT2D eigenvalue weighted by atomic mass is 35.5. The maximum absolute atomic E-state index is 13.1. The van der Waals surface area contributed by atoms with Crippen LogP contribution in [0.5, 0.6) is 5.75 Å². The Morgan fingerprint density at radius 1 is 1.03 bits per heavy atom. The first kappa shape index (κ1) is 23.4. The van der Waals surface area contributed by atoms with E-state index in [0.717, 1.165) is 11.6 Å². The summed E-state index contributed by atoms with van der Waals surface area (Å²) in [6.45, 7) is 2.77. The first-order chi connectivity index (χ1) is 15.3. The van der Waals surface area contributed by atoms with E-state index in [2.05, 4.69) is 10.0 Å². The molecule has 0 aliphatic carbocycles. The summed E-state index contributed by atoms with van der Waals surface area (Å²) in [5.41, 5.74) is 1.38. The van der Waals surface area contributed by atoms with Crippen molar-refractivity contribution in [2.75, 3.05) is 23.2 Å². The second kappa shape index (κ2) is 10.4. The molecule has 0 saturated carbocycles. The minimum absolute atomic E-state index is 0.191. The van der Waals surface area contributed by atoms with Crippen LogP contribution in [-0.4, -0.2) is 27.5 Å². The van der Waals surface area contributed by atoms with E-state index in [9.17, 15) is 18.3 Å². The third-order valence-corrected chi connectivity index (χ3v) is 6.24. The lowest BCUT2D eigenvalue weighted by atomic mass is 10.1. The summed E-state index contributed by atoms with van der Waals surface area (Å²) in [5, 5.41) is 15.0. The van der Waals surface area contributed by atoms with Crippen LogP contribution in [0.15, 0.2) is 71.6 Å². The molecular formula is C23H22ClN2O5S-. The van der Waals surface area contributed by atoms with Crippen LogP contribution in [0.4, 0.5) is 11.4 Å². The van der Waals surface area contributed by atoms with Crippen molar-refractivity contribution >= 4 is 39.0 Å². The van der Waals surface area contributed by atoms with Gasteiger partial charge in [0.2, 0.25) is 0 Å². The summed E-state index contributed by atoms with van der Waals surface area (Å²) in [6.07, 6.45) is 0.616. The Bertz CT molecular complexity index is 1180. The maximum Gasteiger partial charge on any atom is 0.263 e. The van der Waals surface area contributed by atoms with Crippen LogP contribution in [0, 0.1) is 0 Å². The van der Waals surface area contributed by atoms with E-state index in [0.29, 0.717) is 36.0 Å². The lowest BCUT2D eigenvalue weighted by Crippen LogP contribution is -2.23. The Morgan fingerprint density at radius 3 is 2.34 bits per heavy atom. The van der Waals surface area contributed by atoms with Crippen LogP contribution in [0.25, 0.3) is 0 Å². The molecule has 0 heterocycles. The van der Waals surface area contributed by atoms with E-state index >= 15 is 0 Å². The second-order valence-electron chi connectivity index (χ2n) is 6.86. The lowest BCUT2D eigenvalue weighted by molar-refractivity contribution is -0.255. The molecule has 0 unspecified atom stereocenters. The van der Waals surface area contributed by atoms with Gasteiger partial charge in [-0.2, -0.15) is 0 Å². The van der Waals surface area contributed by atoms with Gasteiger partial charge in [-0.25, -0.2) is 8.42 Å². The molecule has 0 atom stereocenters. The topological polar surface area (TPSA) is 108 Å². The Hall–Kier alpha value is -3.23. The second-order valence-corrected chi connectivity index (χ2v) is 8.95. The molecule has 0 saturated heterocycles. The number of hydrogen-bond donors (Lipinski definition) is 2. The van der Waals surface area contributed by atoms with Crippen molar-refractivity contribution in [3.8, 4) is 5.75 Å². The van der Waals surface area contributed by atoms with Gasteiger partial charge in [-0.15, -0.1) is 0 Å². The first-order valence-electron chi connectivity index (χ1n) is 9.88. The van der Waals surface area contributed by atoms with E-state index in [1.165, 1.54) is 12.1 Å². The highest BCUT2D eigenvalue weighted by Crippen LogP contribution is 2.26. The Balaban J connectivity index is 1.82. The minimum Gasteiger partial charge on any atom is -0.545 e. The zero-order valence-corrected chi connectivity index (χ0v) is 18.9. The van der Waals surface area contributed by atoms with Gasteiger partial charge in [-0.1, -0.05) is 29.8 Å². The van der Waals surface area contributed by atoms with Crippen molar-refractivity contribution in [2.45, 2.75) is 18.2 Å². The van der Waals surface area contributed by atoms with Gasteiger partial charge < -0.3 is 20.0 Å². The fraction of sp³-hybridized carbons (Fsp3) is 0.174. The average Bonchev–Trinajstić information content (AvgIpc) is 2.76. The molecule has 3 aromatic carbocycles. The number of carbonyl (C=O) groups is 1. The van der Waals surface area contributed by atoms with E-state index in [4.69, 9.17) is 16.3 Å². The van der Waals surface area contributed by atoms with Crippen molar-refractivity contribution < 1.29 is 23.1 Å². The van der Waals surface area contributed by atoms with Crippen LogP contribution in [0.3, 0.4) is 0 Å². The smallest absolute Gasteiger partial charge is 0.263 e. The molecule has 32 heavy (non-hydrogen) atoms. The van der Waals surface area contributed by atoms with Gasteiger partial charge in [0.15, 0.2) is 0 Å². The molecule has 7 nitrogen and oxygen atoms in total. The Labute approximate surface area is 192 Å². The number of carbonyl (C=O) groups excluding carboxylic acids is 1. The molecule has 0 aliphatic heterocycles. The molecule has 3 rings (SSSR count). The highest BCUT2D eigenvalue weighted by Gasteiger charge is 2.20. The molecule has 0 aromatic heterocycles. The molecule has 3 aromatic rings. The van der Waals surface area contributed by atoms with Gasteiger partial charge in [-0.05, 0) is 73.0 Å². The molecule has 0 spiro atoms. The molecule has 168 valence electrons. The van der Waals surface area contributed by atoms with Crippen LogP contribution >= 0.6 is 11.6 Å². The van der Waals surface area contributed by atoms with E-state index < -0.39 is 16.0 Å². The predicted molar refractivity (Wildman–Crippen MR) is 123 cm³/mol. The SMILES string of the molecule is CCOc1ccc(NS(=O)(=O)c2cc(C(=O)[O-])ccc2NCCc2ccc(Cl)cc2)cc1. The fourth-order valence-electron chi connectivity index (χ4n) is 3.01. The van der Waals surface area contributed by atoms with Gasteiger partial charge >= 0.3 is 0 Å². The standard InChI is InChI=1S/C23H23ClN2O5S/c1-2-31-20-10-8-19(9-11-20)26-32(29,30)22-15-17(23(27)28)5-12-21(22)25-14-13-16-3-6-18(24)7-4-16/h3-12,15,25-26H,2,13-14H2,1H3,(H,27,28)/p-1. The molecule has 0 bridgehead atoms. The summed E-state index contributed by atoms with van der Waals surface area (Å²) in [5.74, 6) is -0.853. The molecule has 0 aliphatic rings. The van der Waals surface area contributed by atoms with Crippen LogP contribution < -0.4 is 19.9 Å². The third kappa shape index (κ3) is 6.15. The number of sulfonamides is 1. The van der Waals surface area contributed by atoms with Crippen LogP contribution in [0.2, 0.25) is 5.02 Å². The molecule has 0 amide bonds. The Kier molecular flexibility index (Phi) is 7.61. The van der Waals surface area contributed by atoms with Gasteiger partial charge in [0, 0.05) is 17.3 Å². The summed E-state index contributed by atoms with van der Waals surface area (Å²) in [4.78, 5) is 11.1. The van der Waals surface area contributed by atoms with Gasteiger partial charge in [-0.3, -0.25) is 4.72 Å². The van der Waals surface area contributed by atoms with Crippen LogP contribution in [-0.2, 0) is 16.4 Å². The molecule has 9 heteroatoms. The number of carboxylic acids is 1.